The smallest absolute Gasteiger partial charge is 0.149 e. The molecule has 0 fully saturated rings. The van der Waals surface area contributed by atoms with Crippen LogP contribution >= 0.6 is 11.6 Å². The number of hydrogen-bond donors (Lipinski definition) is 0. The summed E-state index contributed by atoms with van der Waals surface area (Å²) in [6.07, 6.45) is 6.23. The number of nitrogens with zero attached hydrogens (tertiary/aromatic N) is 3. The van der Waals surface area contributed by atoms with E-state index in [1.165, 1.54) is 11.8 Å². The molecule has 2 heterocycles. The Morgan fingerprint density at radius 1 is 1.04 bits per heavy atom. The maximum Gasteiger partial charge on any atom is 0.149 e. The molecule has 1 aromatic heterocycles. The second kappa shape index (κ2) is 7.61. The molecule has 7 heteroatoms. The van der Waals surface area contributed by atoms with Crippen LogP contribution < -0.4 is 19.1 Å². The van der Waals surface area contributed by atoms with Gasteiger partial charge in [0.05, 0.1) is 39.3 Å². The van der Waals surface area contributed by atoms with Crippen LogP contribution in [0.2, 0.25) is 5.15 Å². The van der Waals surface area contributed by atoms with Crippen molar-refractivity contribution < 1.29 is 14.2 Å². The van der Waals surface area contributed by atoms with Gasteiger partial charge < -0.3 is 19.1 Å². The molecule has 0 amide bonds. The van der Waals surface area contributed by atoms with E-state index in [4.69, 9.17) is 25.8 Å². The summed E-state index contributed by atoms with van der Waals surface area (Å²) in [5.41, 5.74) is 2.13. The summed E-state index contributed by atoms with van der Waals surface area (Å²) in [6.45, 7) is 1.52. The number of benzene rings is 1. The molecule has 2 aromatic rings. The average Bonchev–Trinajstić information content (AvgIpc) is 2.67. The van der Waals surface area contributed by atoms with Crippen LogP contribution in [0.1, 0.15) is 12.0 Å². The molecule has 0 bridgehead atoms. The first-order valence-electron chi connectivity index (χ1n) is 7.88. The summed E-state index contributed by atoms with van der Waals surface area (Å²) in [7, 11) is 4.92. The summed E-state index contributed by atoms with van der Waals surface area (Å²) in [5.74, 6) is 2.94. The van der Waals surface area contributed by atoms with Gasteiger partial charge in [0, 0.05) is 25.2 Å². The third kappa shape index (κ3) is 3.64. The van der Waals surface area contributed by atoms with Crippen LogP contribution in [0.3, 0.4) is 0 Å². The molecule has 0 spiro atoms. The zero-order valence-electron chi connectivity index (χ0n) is 14.5. The maximum absolute atomic E-state index is 5.94. The first-order chi connectivity index (χ1) is 12.2. The van der Waals surface area contributed by atoms with Crippen LogP contribution in [0, 0.1) is 0 Å². The van der Waals surface area contributed by atoms with Crippen molar-refractivity contribution in [2.45, 2.75) is 6.42 Å². The molecular weight excluding hydrogens is 342 g/mol. The van der Waals surface area contributed by atoms with Gasteiger partial charge in [-0.1, -0.05) is 17.7 Å². The molecule has 1 aliphatic heterocycles. The van der Waals surface area contributed by atoms with Gasteiger partial charge in [-0.25, -0.2) is 4.98 Å². The van der Waals surface area contributed by atoms with Gasteiger partial charge in [-0.3, -0.25) is 4.98 Å². The van der Waals surface area contributed by atoms with Gasteiger partial charge in [-0.05, 0) is 12.0 Å². The van der Waals surface area contributed by atoms with Crippen molar-refractivity contribution in [2.24, 2.45) is 0 Å². The Labute approximate surface area is 152 Å². The van der Waals surface area contributed by atoms with Crippen LogP contribution in [-0.4, -0.2) is 44.4 Å². The first-order valence-corrected chi connectivity index (χ1v) is 8.26. The molecule has 6 nitrogen and oxygen atoms in total. The number of aromatic nitrogens is 2. The quantitative estimate of drug-likeness (QED) is 0.813. The first kappa shape index (κ1) is 17.4. The van der Waals surface area contributed by atoms with Crippen molar-refractivity contribution >= 4 is 23.0 Å². The Bertz CT molecular complexity index is 770. The monoisotopic (exact) mass is 361 g/mol. The molecule has 132 valence electrons. The van der Waals surface area contributed by atoms with Crippen molar-refractivity contribution in [1.82, 2.24) is 9.97 Å². The number of methoxy groups -OCH3 is 3. The van der Waals surface area contributed by atoms with Gasteiger partial charge in [0.2, 0.25) is 0 Å². The van der Waals surface area contributed by atoms with Crippen molar-refractivity contribution in [2.75, 3.05) is 39.3 Å². The Morgan fingerprint density at radius 2 is 1.76 bits per heavy atom. The van der Waals surface area contributed by atoms with Gasteiger partial charge in [0.1, 0.15) is 28.2 Å². The second-order valence-electron chi connectivity index (χ2n) is 5.53. The molecule has 0 atom stereocenters. The molecule has 3 rings (SSSR count). The lowest BCUT2D eigenvalue weighted by atomic mass is 9.97. The van der Waals surface area contributed by atoms with Crippen LogP contribution in [0.4, 0.5) is 5.82 Å². The van der Waals surface area contributed by atoms with Gasteiger partial charge >= 0.3 is 0 Å². The molecule has 1 aromatic carbocycles. The van der Waals surface area contributed by atoms with E-state index < -0.39 is 0 Å². The molecule has 0 N–H and O–H groups in total. The van der Waals surface area contributed by atoms with E-state index in [0.29, 0.717) is 17.4 Å². The van der Waals surface area contributed by atoms with Gasteiger partial charge in [-0.15, -0.1) is 0 Å². The minimum atomic E-state index is 0.394. The largest absolute Gasteiger partial charge is 0.496 e. The van der Waals surface area contributed by atoms with Crippen LogP contribution in [-0.2, 0) is 0 Å². The normalized spacial score (nSPS) is 14.1. The highest BCUT2D eigenvalue weighted by Gasteiger charge is 2.21. The van der Waals surface area contributed by atoms with Crippen LogP contribution in [0.5, 0.6) is 17.2 Å². The zero-order chi connectivity index (χ0) is 17.8. The Balaban J connectivity index is 1.91. The Hall–Kier alpha value is -2.47. The predicted octanol–water partition coefficient (Wildman–Crippen LogP) is 3.45. The Morgan fingerprint density at radius 3 is 2.28 bits per heavy atom. The fourth-order valence-electron chi connectivity index (χ4n) is 2.91. The molecule has 0 unspecified atom stereocenters. The predicted molar refractivity (Wildman–Crippen MR) is 97.9 cm³/mol. The van der Waals surface area contributed by atoms with E-state index in [-0.39, 0.29) is 0 Å². The number of hydrogen-bond acceptors (Lipinski definition) is 6. The van der Waals surface area contributed by atoms with Crippen molar-refractivity contribution in [1.29, 1.82) is 0 Å². The van der Waals surface area contributed by atoms with E-state index in [0.717, 1.165) is 35.8 Å². The molecule has 1 aliphatic rings. The summed E-state index contributed by atoms with van der Waals surface area (Å²) < 4.78 is 16.4. The van der Waals surface area contributed by atoms with Crippen LogP contribution in [0.15, 0.2) is 30.6 Å². The van der Waals surface area contributed by atoms with E-state index >= 15 is 0 Å². The third-order valence-corrected chi connectivity index (χ3v) is 4.34. The summed E-state index contributed by atoms with van der Waals surface area (Å²) >= 11 is 5.94. The van der Waals surface area contributed by atoms with Gasteiger partial charge in [0.25, 0.3) is 0 Å². The van der Waals surface area contributed by atoms with Crippen molar-refractivity contribution in [3.05, 3.63) is 41.3 Å². The standard InChI is InChI=1S/C18H20ClN3O3/c1-23-13-8-14(24-2)18(15(9-13)25-3)12-4-6-22(7-5-12)17-11-20-10-16(19)21-17/h4,8-11H,5-7H2,1-3H3. The SMILES string of the molecule is COc1cc(OC)c(C2=CCN(c3cncc(Cl)n3)CC2)c(OC)c1. The lowest BCUT2D eigenvalue weighted by Crippen LogP contribution is -2.29. The highest BCUT2D eigenvalue weighted by Crippen LogP contribution is 2.41. The summed E-state index contributed by atoms with van der Waals surface area (Å²) in [5, 5.41) is 0.394. The van der Waals surface area contributed by atoms with Gasteiger partial charge in [0.15, 0.2) is 0 Å². The average molecular weight is 362 g/mol. The molecule has 0 saturated heterocycles. The highest BCUT2D eigenvalue weighted by molar-refractivity contribution is 6.29. The Kier molecular flexibility index (Phi) is 5.28. The molecule has 0 aliphatic carbocycles. The summed E-state index contributed by atoms with van der Waals surface area (Å²) in [6, 6.07) is 3.74. The molecule has 25 heavy (non-hydrogen) atoms. The number of halogens is 1. The third-order valence-electron chi connectivity index (χ3n) is 4.16. The molecule has 0 saturated carbocycles. The second-order valence-corrected chi connectivity index (χ2v) is 5.92. The maximum atomic E-state index is 5.94. The van der Waals surface area contributed by atoms with Crippen LogP contribution in [0.25, 0.3) is 5.57 Å². The van der Waals surface area contributed by atoms with E-state index in [2.05, 4.69) is 20.9 Å². The van der Waals surface area contributed by atoms with E-state index in [9.17, 15) is 0 Å². The minimum absolute atomic E-state index is 0.394. The number of anilines is 1. The minimum Gasteiger partial charge on any atom is -0.496 e. The van der Waals surface area contributed by atoms with Gasteiger partial charge in [-0.2, -0.15) is 0 Å². The molecule has 0 radical (unpaired) electrons. The van der Waals surface area contributed by atoms with E-state index in [1.54, 1.807) is 27.5 Å². The summed E-state index contributed by atoms with van der Waals surface area (Å²) in [4.78, 5) is 10.5. The van der Waals surface area contributed by atoms with Crippen molar-refractivity contribution in [3.8, 4) is 17.2 Å². The fourth-order valence-corrected chi connectivity index (χ4v) is 3.05. The zero-order valence-corrected chi connectivity index (χ0v) is 15.2. The lowest BCUT2D eigenvalue weighted by molar-refractivity contribution is 0.373. The number of ether oxygens (including phenoxy) is 3. The topological polar surface area (TPSA) is 56.7 Å². The fraction of sp³-hybridized carbons (Fsp3) is 0.333. The van der Waals surface area contributed by atoms with E-state index in [1.807, 2.05) is 12.1 Å². The number of rotatable bonds is 5. The lowest BCUT2D eigenvalue weighted by Gasteiger charge is -2.28. The molecular formula is C18H20ClN3O3. The van der Waals surface area contributed by atoms with Crippen molar-refractivity contribution in [3.63, 3.8) is 0 Å². The highest BCUT2D eigenvalue weighted by atomic mass is 35.5.